The van der Waals surface area contributed by atoms with Gasteiger partial charge >= 0.3 is 5.97 Å². The Bertz CT molecular complexity index is 1040. The molecule has 0 N–H and O–H groups in total. The summed E-state index contributed by atoms with van der Waals surface area (Å²) in [6.07, 6.45) is 1.53. The van der Waals surface area contributed by atoms with Crippen molar-refractivity contribution in [3.05, 3.63) is 30.0 Å². The Morgan fingerprint density at radius 3 is 2.56 bits per heavy atom. The number of piperidine rings is 1. The van der Waals surface area contributed by atoms with Crippen LogP contribution < -0.4 is 4.74 Å². The predicted molar refractivity (Wildman–Crippen MR) is 119 cm³/mol. The number of sulfonamides is 1. The first-order chi connectivity index (χ1) is 15.2. The van der Waals surface area contributed by atoms with E-state index in [1.807, 2.05) is 0 Å². The lowest BCUT2D eigenvalue weighted by Crippen LogP contribution is -2.47. The van der Waals surface area contributed by atoms with Gasteiger partial charge in [-0.25, -0.2) is 13.2 Å². The third-order valence-electron chi connectivity index (χ3n) is 5.87. The van der Waals surface area contributed by atoms with Gasteiger partial charge in [0.25, 0.3) is 0 Å². The van der Waals surface area contributed by atoms with Gasteiger partial charge in [-0.15, -0.1) is 0 Å². The highest BCUT2D eigenvalue weighted by atomic mass is 32.2. The molecule has 0 amide bonds. The van der Waals surface area contributed by atoms with Crippen LogP contribution in [0.25, 0.3) is 11.3 Å². The number of nitrogens with zero attached hydrogens (tertiary/aromatic N) is 3. The van der Waals surface area contributed by atoms with Crippen LogP contribution in [0.2, 0.25) is 0 Å². The van der Waals surface area contributed by atoms with Crippen LogP contribution in [-0.2, 0) is 14.8 Å². The van der Waals surface area contributed by atoms with E-state index in [1.54, 1.807) is 19.1 Å². The fourth-order valence-corrected chi connectivity index (χ4v) is 5.45. The Balaban J connectivity index is 1.86. The average Bonchev–Trinajstić information content (AvgIpc) is 3.29. The second-order valence-corrected chi connectivity index (χ2v) is 9.96. The van der Waals surface area contributed by atoms with Crippen molar-refractivity contribution < 1.29 is 27.2 Å². The fraction of sp³-hybridized carbons (Fsp3) is 0.545. The van der Waals surface area contributed by atoms with E-state index in [9.17, 15) is 13.2 Å². The van der Waals surface area contributed by atoms with E-state index in [0.717, 1.165) is 12.8 Å². The van der Waals surface area contributed by atoms with Gasteiger partial charge in [0.2, 0.25) is 10.0 Å². The van der Waals surface area contributed by atoms with Crippen LogP contribution in [0.1, 0.15) is 44.1 Å². The molecule has 32 heavy (non-hydrogen) atoms. The number of hydrogen-bond donors (Lipinski definition) is 0. The van der Waals surface area contributed by atoms with Gasteiger partial charge in [0.15, 0.2) is 11.5 Å². The van der Waals surface area contributed by atoms with Crippen molar-refractivity contribution in [2.45, 2.75) is 50.6 Å². The fourth-order valence-electron chi connectivity index (χ4n) is 3.79. The highest BCUT2D eigenvalue weighted by molar-refractivity contribution is 7.89. The summed E-state index contributed by atoms with van der Waals surface area (Å²) in [4.78, 5) is 14.2. The van der Waals surface area contributed by atoms with Crippen LogP contribution in [0.4, 0.5) is 0 Å². The number of aromatic nitrogens is 1. The lowest BCUT2D eigenvalue weighted by molar-refractivity contribution is 0.0514. The number of carbonyl (C=O) groups is 1. The first kappa shape index (κ1) is 24.2. The van der Waals surface area contributed by atoms with Crippen LogP contribution in [0, 0.1) is 0 Å². The lowest BCUT2D eigenvalue weighted by Gasteiger charge is -2.38. The van der Waals surface area contributed by atoms with Gasteiger partial charge in [0.1, 0.15) is 10.6 Å². The molecule has 1 aliphatic heterocycles. The molecule has 0 bridgehead atoms. The summed E-state index contributed by atoms with van der Waals surface area (Å²) in [6, 6.07) is 6.93. The molecule has 1 aromatic heterocycles. The van der Waals surface area contributed by atoms with Crippen molar-refractivity contribution in [1.29, 1.82) is 0 Å². The quantitative estimate of drug-likeness (QED) is 0.548. The Kier molecular flexibility index (Phi) is 7.58. The molecule has 3 rings (SSSR count). The molecule has 1 aromatic carbocycles. The van der Waals surface area contributed by atoms with E-state index in [1.165, 1.54) is 23.5 Å². The number of esters is 1. The largest absolute Gasteiger partial charge is 0.495 e. The third-order valence-corrected chi connectivity index (χ3v) is 7.79. The van der Waals surface area contributed by atoms with E-state index in [4.69, 9.17) is 14.0 Å². The first-order valence-electron chi connectivity index (χ1n) is 10.7. The number of hydrogen-bond acceptors (Lipinski definition) is 8. The SMILES string of the molecule is CCOC(=O)c1cc(-c2ccc(OC)c(S(=O)(=O)N3CCC(N(C)C(C)C)CC3)c2)on1. The Morgan fingerprint density at radius 2 is 1.97 bits per heavy atom. The molecule has 10 heteroatoms. The summed E-state index contributed by atoms with van der Waals surface area (Å²) in [5.41, 5.74) is 0.500. The normalized spacial score (nSPS) is 16.0. The molecule has 0 radical (unpaired) electrons. The van der Waals surface area contributed by atoms with Crippen molar-refractivity contribution in [3.63, 3.8) is 0 Å². The van der Waals surface area contributed by atoms with Gasteiger partial charge in [-0.1, -0.05) is 5.16 Å². The lowest BCUT2D eigenvalue weighted by atomic mass is 10.0. The van der Waals surface area contributed by atoms with Gasteiger partial charge in [0, 0.05) is 36.8 Å². The molecular weight excluding hydrogens is 434 g/mol. The van der Waals surface area contributed by atoms with Crippen LogP contribution in [0.15, 0.2) is 33.7 Å². The maximum atomic E-state index is 13.5. The van der Waals surface area contributed by atoms with E-state index < -0.39 is 16.0 Å². The van der Waals surface area contributed by atoms with Crippen molar-refractivity contribution in [3.8, 4) is 17.1 Å². The Labute approximate surface area is 189 Å². The summed E-state index contributed by atoms with van der Waals surface area (Å²) in [7, 11) is -0.274. The molecule has 2 heterocycles. The minimum atomic E-state index is -3.79. The number of rotatable bonds is 8. The maximum absolute atomic E-state index is 13.5. The summed E-state index contributed by atoms with van der Waals surface area (Å²) in [5.74, 6) is -0.0807. The van der Waals surface area contributed by atoms with Gasteiger partial charge in [-0.2, -0.15) is 4.31 Å². The zero-order valence-electron chi connectivity index (χ0n) is 19.2. The van der Waals surface area contributed by atoms with Gasteiger partial charge < -0.3 is 18.9 Å². The summed E-state index contributed by atoms with van der Waals surface area (Å²) in [5, 5.41) is 3.73. The molecule has 1 fully saturated rings. The standard InChI is InChI=1S/C22H31N3O6S/c1-6-30-22(26)18-14-20(31-23-18)16-7-8-19(29-5)21(13-16)32(27,28)25-11-9-17(10-12-25)24(4)15(2)3/h7-8,13-15,17H,6,9-12H2,1-5H3. The van der Waals surface area contributed by atoms with Crippen molar-refractivity contribution in [2.24, 2.45) is 0 Å². The van der Waals surface area contributed by atoms with Crippen LogP contribution in [0.5, 0.6) is 5.75 Å². The molecule has 1 saturated heterocycles. The number of ether oxygens (including phenoxy) is 2. The maximum Gasteiger partial charge on any atom is 0.360 e. The minimum Gasteiger partial charge on any atom is -0.495 e. The molecule has 0 spiro atoms. The number of carbonyl (C=O) groups excluding carboxylic acids is 1. The number of methoxy groups -OCH3 is 1. The van der Waals surface area contributed by atoms with Crippen LogP contribution in [0.3, 0.4) is 0 Å². The summed E-state index contributed by atoms with van der Waals surface area (Å²) >= 11 is 0. The van der Waals surface area contributed by atoms with E-state index >= 15 is 0 Å². The topological polar surface area (TPSA) is 102 Å². The average molecular weight is 466 g/mol. The predicted octanol–water partition coefficient (Wildman–Crippen LogP) is 3.02. The molecule has 9 nitrogen and oxygen atoms in total. The molecule has 0 aliphatic carbocycles. The molecule has 2 aromatic rings. The molecular formula is C22H31N3O6S. The summed E-state index contributed by atoms with van der Waals surface area (Å²) < 4.78 is 44.0. The van der Waals surface area contributed by atoms with Gasteiger partial charge in [0.05, 0.1) is 13.7 Å². The third kappa shape index (κ3) is 4.97. The highest BCUT2D eigenvalue weighted by Gasteiger charge is 2.33. The Morgan fingerprint density at radius 1 is 1.28 bits per heavy atom. The van der Waals surface area contributed by atoms with Gasteiger partial charge in [-0.3, -0.25) is 0 Å². The molecule has 176 valence electrons. The first-order valence-corrected chi connectivity index (χ1v) is 12.2. The molecule has 1 aliphatic rings. The molecule has 0 saturated carbocycles. The van der Waals surface area contributed by atoms with E-state index in [2.05, 4.69) is 31.0 Å². The van der Waals surface area contributed by atoms with Crippen molar-refractivity contribution in [2.75, 3.05) is 33.9 Å². The molecule has 0 unspecified atom stereocenters. The molecule has 0 atom stereocenters. The Hall–Kier alpha value is -2.43. The van der Waals surface area contributed by atoms with E-state index in [0.29, 0.717) is 30.7 Å². The smallest absolute Gasteiger partial charge is 0.360 e. The van der Waals surface area contributed by atoms with Crippen LogP contribution >= 0.6 is 0 Å². The van der Waals surface area contributed by atoms with Crippen molar-refractivity contribution in [1.82, 2.24) is 14.4 Å². The van der Waals surface area contributed by atoms with E-state index in [-0.39, 0.29) is 28.7 Å². The van der Waals surface area contributed by atoms with Crippen LogP contribution in [-0.4, -0.2) is 74.7 Å². The van der Waals surface area contributed by atoms with Gasteiger partial charge in [-0.05, 0) is 58.9 Å². The number of benzene rings is 1. The monoisotopic (exact) mass is 465 g/mol. The van der Waals surface area contributed by atoms with Crippen molar-refractivity contribution >= 4 is 16.0 Å². The minimum absolute atomic E-state index is 0.0263. The zero-order chi connectivity index (χ0) is 23.5. The second kappa shape index (κ2) is 10.0. The summed E-state index contributed by atoms with van der Waals surface area (Å²) in [6.45, 7) is 7.06. The zero-order valence-corrected chi connectivity index (χ0v) is 20.0. The second-order valence-electron chi connectivity index (χ2n) is 8.06. The highest BCUT2D eigenvalue weighted by Crippen LogP contribution is 2.33.